The molecule has 3 N–H and O–H groups in total. The summed E-state index contributed by atoms with van der Waals surface area (Å²) in [4.78, 5) is 15.2. The van der Waals surface area contributed by atoms with E-state index in [0.29, 0.717) is 0 Å². The first kappa shape index (κ1) is 12.6. The molecule has 0 aromatic carbocycles. The van der Waals surface area contributed by atoms with E-state index >= 15 is 0 Å². The van der Waals surface area contributed by atoms with Crippen LogP contribution < -0.4 is 11.1 Å². The van der Waals surface area contributed by atoms with Crippen LogP contribution in [0, 0.1) is 5.92 Å². The van der Waals surface area contributed by atoms with Crippen molar-refractivity contribution in [3.05, 3.63) is 30.1 Å². The molecule has 0 radical (unpaired) electrons. The van der Waals surface area contributed by atoms with Crippen LogP contribution in [-0.4, -0.2) is 23.5 Å². The lowest BCUT2D eigenvalue weighted by atomic mass is 10.0. The SMILES string of the molecule is CC(C)C(NCCc1cccnc1)C(N)=O. The van der Waals surface area contributed by atoms with Gasteiger partial charge in [-0.05, 0) is 30.5 Å². The zero-order valence-corrected chi connectivity index (χ0v) is 9.81. The van der Waals surface area contributed by atoms with Gasteiger partial charge in [-0.2, -0.15) is 0 Å². The number of aromatic nitrogens is 1. The molecule has 16 heavy (non-hydrogen) atoms. The molecular formula is C12H19N3O. The van der Waals surface area contributed by atoms with Crippen molar-refractivity contribution in [2.24, 2.45) is 11.7 Å². The molecule has 0 fully saturated rings. The van der Waals surface area contributed by atoms with Crippen LogP contribution >= 0.6 is 0 Å². The van der Waals surface area contributed by atoms with Crippen molar-refractivity contribution < 1.29 is 4.79 Å². The van der Waals surface area contributed by atoms with Gasteiger partial charge in [-0.25, -0.2) is 0 Å². The van der Waals surface area contributed by atoms with E-state index in [1.165, 1.54) is 0 Å². The zero-order valence-electron chi connectivity index (χ0n) is 9.81. The summed E-state index contributed by atoms with van der Waals surface area (Å²) < 4.78 is 0. The van der Waals surface area contributed by atoms with Crippen LogP contribution in [0.1, 0.15) is 19.4 Å². The van der Waals surface area contributed by atoms with E-state index in [0.717, 1.165) is 18.5 Å². The number of nitrogens with two attached hydrogens (primary N) is 1. The minimum Gasteiger partial charge on any atom is -0.368 e. The summed E-state index contributed by atoms with van der Waals surface area (Å²) in [6.07, 6.45) is 4.43. The van der Waals surface area contributed by atoms with Gasteiger partial charge in [0, 0.05) is 12.4 Å². The molecule has 1 amide bonds. The lowest BCUT2D eigenvalue weighted by Gasteiger charge is -2.18. The molecule has 0 aliphatic heterocycles. The number of nitrogens with zero attached hydrogens (tertiary/aromatic N) is 1. The normalized spacial score (nSPS) is 12.7. The fourth-order valence-corrected chi connectivity index (χ4v) is 1.58. The fraction of sp³-hybridized carbons (Fsp3) is 0.500. The maximum atomic E-state index is 11.1. The van der Waals surface area contributed by atoms with Gasteiger partial charge in [-0.15, -0.1) is 0 Å². The summed E-state index contributed by atoms with van der Waals surface area (Å²) in [5, 5.41) is 3.16. The third-order valence-corrected chi connectivity index (χ3v) is 2.47. The molecule has 88 valence electrons. The average molecular weight is 221 g/mol. The number of rotatable bonds is 6. The van der Waals surface area contributed by atoms with Gasteiger partial charge in [0.2, 0.25) is 5.91 Å². The van der Waals surface area contributed by atoms with Crippen molar-refractivity contribution in [1.29, 1.82) is 0 Å². The fourth-order valence-electron chi connectivity index (χ4n) is 1.58. The van der Waals surface area contributed by atoms with Crippen molar-refractivity contribution >= 4 is 5.91 Å². The first-order chi connectivity index (χ1) is 7.61. The first-order valence-corrected chi connectivity index (χ1v) is 5.53. The largest absolute Gasteiger partial charge is 0.368 e. The highest BCUT2D eigenvalue weighted by Gasteiger charge is 2.17. The quantitative estimate of drug-likeness (QED) is 0.744. The second-order valence-electron chi connectivity index (χ2n) is 4.19. The highest BCUT2D eigenvalue weighted by Crippen LogP contribution is 2.01. The third kappa shape index (κ3) is 3.98. The minimum absolute atomic E-state index is 0.214. The number of nitrogens with one attached hydrogen (secondary N) is 1. The van der Waals surface area contributed by atoms with Gasteiger partial charge in [0.05, 0.1) is 6.04 Å². The summed E-state index contributed by atoms with van der Waals surface area (Å²) in [5.41, 5.74) is 6.46. The van der Waals surface area contributed by atoms with E-state index in [1.54, 1.807) is 6.20 Å². The van der Waals surface area contributed by atoms with Crippen LogP contribution in [-0.2, 0) is 11.2 Å². The van der Waals surface area contributed by atoms with Crippen molar-refractivity contribution in [3.8, 4) is 0 Å². The van der Waals surface area contributed by atoms with Crippen molar-refractivity contribution in [2.45, 2.75) is 26.3 Å². The molecule has 0 aliphatic carbocycles. The van der Waals surface area contributed by atoms with Crippen molar-refractivity contribution in [1.82, 2.24) is 10.3 Å². The summed E-state index contributed by atoms with van der Waals surface area (Å²) in [6, 6.07) is 3.67. The second-order valence-corrected chi connectivity index (χ2v) is 4.19. The highest BCUT2D eigenvalue weighted by atomic mass is 16.1. The van der Waals surface area contributed by atoms with Gasteiger partial charge in [-0.1, -0.05) is 19.9 Å². The molecule has 1 atom stereocenters. The molecule has 1 unspecified atom stereocenters. The van der Waals surface area contributed by atoms with Crippen LogP contribution in [0.15, 0.2) is 24.5 Å². The molecule has 0 saturated carbocycles. The second kappa shape index (κ2) is 6.23. The maximum Gasteiger partial charge on any atom is 0.234 e. The van der Waals surface area contributed by atoms with E-state index < -0.39 is 0 Å². The van der Waals surface area contributed by atoms with Crippen molar-refractivity contribution in [3.63, 3.8) is 0 Å². The Balaban J connectivity index is 2.37. The molecular weight excluding hydrogens is 202 g/mol. The molecule has 0 bridgehead atoms. The molecule has 1 aromatic heterocycles. The lowest BCUT2D eigenvalue weighted by molar-refractivity contribution is -0.120. The molecule has 4 heteroatoms. The van der Waals surface area contributed by atoms with E-state index in [4.69, 9.17) is 5.73 Å². The predicted molar refractivity (Wildman–Crippen MR) is 63.8 cm³/mol. The number of amides is 1. The number of hydrogen-bond acceptors (Lipinski definition) is 3. The standard InChI is InChI=1S/C12H19N3O/c1-9(2)11(12(13)16)15-7-5-10-4-3-6-14-8-10/h3-4,6,8-9,11,15H,5,7H2,1-2H3,(H2,13,16). The van der Waals surface area contributed by atoms with Crippen LogP contribution in [0.2, 0.25) is 0 Å². The number of pyridine rings is 1. The molecule has 0 saturated heterocycles. The Morgan fingerprint density at radius 3 is 2.81 bits per heavy atom. The lowest BCUT2D eigenvalue weighted by Crippen LogP contribution is -2.45. The van der Waals surface area contributed by atoms with E-state index in [1.807, 2.05) is 32.2 Å². The van der Waals surface area contributed by atoms with Crippen molar-refractivity contribution in [2.75, 3.05) is 6.54 Å². The predicted octanol–water partition coefficient (Wildman–Crippen LogP) is 0.724. The number of carbonyl (C=O) groups is 1. The Bertz CT molecular complexity index is 324. The van der Waals surface area contributed by atoms with E-state index in [-0.39, 0.29) is 17.9 Å². The molecule has 1 rings (SSSR count). The van der Waals surface area contributed by atoms with E-state index in [2.05, 4.69) is 10.3 Å². The Kier molecular flexibility index (Phi) is 4.92. The molecule has 4 nitrogen and oxygen atoms in total. The Hall–Kier alpha value is -1.42. The number of primary amides is 1. The van der Waals surface area contributed by atoms with E-state index in [9.17, 15) is 4.79 Å². The summed E-state index contributed by atoms with van der Waals surface area (Å²) in [6.45, 7) is 4.69. The van der Waals surface area contributed by atoms with Crippen LogP contribution in [0.5, 0.6) is 0 Å². The zero-order chi connectivity index (χ0) is 12.0. The Labute approximate surface area is 96.3 Å². The Morgan fingerprint density at radius 2 is 2.31 bits per heavy atom. The van der Waals surface area contributed by atoms with Gasteiger partial charge in [-0.3, -0.25) is 9.78 Å². The van der Waals surface area contributed by atoms with Gasteiger partial charge in [0.15, 0.2) is 0 Å². The third-order valence-electron chi connectivity index (χ3n) is 2.47. The summed E-state index contributed by atoms with van der Waals surface area (Å²) >= 11 is 0. The molecule has 0 spiro atoms. The minimum atomic E-state index is -0.291. The topological polar surface area (TPSA) is 68.0 Å². The maximum absolute atomic E-state index is 11.1. The molecule has 1 heterocycles. The number of hydrogen-bond donors (Lipinski definition) is 2. The monoisotopic (exact) mass is 221 g/mol. The summed E-state index contributed by atoms with van der Waals surface area (Å²) in [5.74, 6) is -0.0763. The van der Waals surface area contributed by atoms with Crippen LogP contribution in [0.3, 0.4) is 0 Å². The van der Waals surface area contributed by atoms with Gasteiger partial charge >= 0.3 is 0 Å². The average Bonchev–Trinajstić information content (AvgIpc) is 2.24. The summed E-state index contributed by atoms with van der Waals surface area (Å²) in [7, 11) is 0. The smallest absolute Gasteiger partial charge is 0.234 e. The first-order valence-electron chi connectivity index (χ1n) is 5.53. The highest BCUT2D eigenvalue weighted by molar-refractivity contribution is 5.80. The van der Waals surface area contributed by atoms with Gasteiger partial charge < -0.3 is 11.1 Å². The van der Waals surface area contributed by atoms with Gasteiger partial charge in [0.1, 0.15) is 0 Å². The van der Waals surface area contributed by atoms with Gasteiger partial charge in [0.25, 0.3) is 0 Å². The molecule has 0 aliphatic rings. The Morgan fingerprint density at radius 1 is 1.56 bits per heavy atom. The molecule has 1 aromatic rings. The van der Waals surface area contributed by atoms with Crippen LogP contribution in [0.25, 0.3) is 0 Å². The van der Waals surface area contributed by atoms with Crippen LogP contribution in [0.4, 0.5) is 0 Å². The number of carbonyl (C=O) groups excluding carboxylic acids is 1.